The lowest BCUT2D eigenvalue weighted by atomic mass is 9.98. The molecule has 1 fully saturated rings. The van der Waals surface area contributed by atoms with Crippen LogP contribution in [0.1, 0.15) is 16.1 Å². The van der Waals surface area contributed by atoms with Gasteiger partial charge in [0.1, 0.15) is 41.2 Å². The Labute approximate surface area is 220 Å². The van der Waals surface area contributed by atoms with Crippen LogP contribution in [-0.2, 0) is 4.79 Å². The van der Waals surface area contributed by atoms with Gasteiger partial charge in [-0.15, -0.1) is 12.4 Å². The van der Waals surface area contributed by atoms with Crippen LogP contribution in [0.25, 0.3) is 0 Å². The molecule has 0 aliphatic carbocycles. The minimum Gasteiger partial charge on any atom is -0.489 e. The lowest BCUT2D eigenvalue weighted by Gasteiger charge is -2.32. The quantitative estimate of drug-likeness (QED) is 0.452. The molecule has 190 valence electrons. The minimum atomic E-state index is -1.03. The molecule has 2 aliphatic heterocycles. The van der Waals surface area contributed by atoms with Gasteiger partial charge in [-0.1, -0.05) is 30.0 Å². The zero-order valence-electron chi connectivity index (χ0n) is 19.9. The van der Waals surface area contributed by atoms with Gasteiger partial charge in [0.15, 0.2) is 0 Å². The van der Waals surface area contributed by atoms with Crippen LogP contribution in [0.15, 0.2) is 66.9 Å². The number of aromatic nitrogens is 1. The summed E-state index contributed by atoms with van der Waals surface area (Å²) in [6.45, 7) is 0.798. The van der Waals surface area contributed by atoms with Crippen molar-refractivity contribution in [2.75, 3.05) is 31.6 Å². The van der Waals surface area contributed by atoms with Crippen LogP contribution in [0, 0.1) is 11.8 Å². The lowest BCUT2D eigenvalue weighted by molar-refractivity contribution is -0.120. The van der Waals surface area contributed by atoms with Gasteiger partial charge in [-0.3, -0.25) is 14.6 Å². The number of nitrogens with zero attached hydrogens (tertiary/aromatic N) is 2. The van der Waals surface area contributed by atoms with Crippen molar-refractivity contribution >= 4 is 29.9 Å². The summed E-state index contributed by atoms with van der Waals surface area (Å²) < 4.78 is 11.6. The summed E-state index contributed by atoms with van der Waals surface area (Å²) in [7, 11) is 1.61. The molecule has 37 heavy (non-hydrogen) atoms. The van der Waals surface area contributed by atoms with Crippen LogP contribution < -0.4 is 25.0 Å². The number of hydrogen-bond donors (Lipinski definition) is 3. The maximum atomic E-state index is 13.2. The minimum absolute atomic E-state index is 0. The number of rotatable bonds is 4. The predicted octanol–water partition coefficient (Wildman–Crippen LogP) is 2.14. The van der Waals surface area contributed by atoms with Crippen LogP contribution in [0.3, 0.4) is 0 Å². The van der Waals surface area contributed by atoms with E-state index in [-0.39, 0.29) is 30.6 Å². The van der Waals surface area contributed by atoms with Gasteiger partial charge in [-0.2, -0.15) is 0 Å². The number of ether oxygens (including phenoxy) is 2. The number of benzene rings is 2. The first-order valence-electron chi connectivity index (χ1n) is 11.4. The van der Waals surface area contributed by atoms with E-state index in [0.717, 1.165) is 0 Å². The number of fused-ring (bicyclic) bond motifs is 1. The average Bonchev–Trinajstić information content (AvgIpc) is 2.99. The van der Waals surface area contributed by atoms with Gasteiger partial charge in [-0.05, 0) is 36.4 Å². The number of pyridine rings is 1. The zero-order chi connectivity index (χ0) is 25.1. The summed E-state index contributed by atoms with van der Waals surface area (Å²) in [5, 5.41) is 15.9. The predicted molar refractivity (Wildman–Crippen MR) is 139 cm³/mol. The fraction of sp³-hybridized carbons (Fsp3) is 0.222. The molecule has 10 heteroatoms. The molecular formula is C27H25ClN4O5. The third kappa shape index (κ3) is 5.84. The Balaban J connectivity index is 0.00000320. The molecule has 5 rings (SSSR count). The number of halogens is 1. The van der Waals surface area contributed by atoms with E-state index in [1.807, 2.05) is 18.2 Å². The summed E-state index contributed by atoms with van der Waals surface area (Å²) in [5.41, 5.74) is 0.247. The zero-order valence-corrected chi connectivity index (χ0v) is 20.7. The molecule has 2 amide bonds. The van der Waals surface area contributed by atoms with Crippen molar-refractivity contribution in [2.45, 2.75) is 11.6 Å². The highest BCUT2D eigenvalue weighted by atomic mass is 35.5. The molecule has 3 heterocycles. The number of hydrogen-bond acceptors (Lipinski definition) is 7. The van der Waals surface area contributed by atoms with Gasteiger partial charge in [0.05, 0.1) is 5.69 Å². The number of nitrogens with one attached hydrogen (secondary N) is 2. The van der Waals surface area contributed by atoms with Gasteiger partial charge in [-0.25, -0.2) is 0 Å². The summed E-state index contributed by atoms with van der Waals surface area (Å²) in [5.74, 6) is 6.52. The smallest absolute Gasteiger partial charge is 0.270 e. The van der Waals surface area contributed by atoms with Gasteiger partial charge in [0.2, 0.25) is 0 Å². The molecule has 3 N–H and O–H groups in total. The number of amides is 2. The number of anilines is 1. The molecule has 2 aliphatic rings. The molecule has 3 aromatic rings. The highest BCUT2D eigenvalue weighted by Crippen LogP contribution is 2.31. The van der Waals surface area contributed by atoms with Crippen molar-refractivity contribution in [2.24, 2.45) is 0 Å². The van der Waals surface area contributed by atoms with E-state index < -0.39 is 17.6 Å². The maximum Gasteiger partial charge on any atom is 0.270 e. The summed E-state index contributed by atoms with van der Waals surface area (Å²) in [6.07, 6.45) is 1.47. The third-order valence-electron chi connectivity index (χ3n) is 5.88. The molecule has 1 saturated heterocycles. The van der Waals surface area contributed by atoms with E-state index in [1.165, 1.54) is 17.2 Å². The highest BCUT2D eigenvalue weighted by molar-refractivity contribution is 6.03. The first kappa shape index (κ1) is 26.0. The molecule has 0 bridgehead atoms. The Hall–Kier alpha value is -4.10. The van der Waals surface area contributed by atoms with Crippen molar-refractivity contribution in [1.82, 2.24) is 15.6 Å². The van der Waals surface area contributed by atoms with Crippen LogP contribution in [-0.4, -0.2) is 60.3 Å². The largest absolute Gasteiger partial charge is 0.489 e. The highest BCUT2D eigenvalue weighted by Gasteiger charge is 2.33. The van der Waals surface area contributed by atoms with E-state index in [4.69, 9.17) is 9.47 Å². The molecule has 1 atom stereocenters. The first-order valence-corrected chi connectivity index (χ1v) is 11.4. The van der Waals surface area contributed by atoms with Crippen LogP contribution in [0.2, 0.25) is 0 Å². The van der Waals surface area contributed by atoms with Gasteiger partial charge in [0, 0.05) is 38.0 Å². The van der Waals surface area contributed by atoms with Crippen molar-refractivity contribution in [3.05, 3.63) is 78.1 Å². The van der Waals surface area contributed by atoms with Gasteiger partial charge >= 0.3 is 0 Å². The van der Waals surface area contributed by atoms with Crippen molar-refractivity contribution in [3.8, 4) is 29.1 Å². The second kappa shape index (κ2) is 10.9. The molecule has 0 radical (unpaired) electrons. The van der Waals surface area contributed by atoms with E-state index in [9.17, 15) is 14.7 Å². The van der Waals surface area contributed by atoms with E-state index >= 15 is 0 Å². The molecular weight excluding hydrogens is 496 g/mol. The topological polar surface area (TPSA) is 113 Å². The number of likely N-dealkylation sites (N-methyl/N-ethyl adjacent to an activating group) is 1. The SMILES string of the molecule is CN1C(=O)[C@@H](NC(=O)c2cc(Oc3ccccc3)ccn2)COc2ccc(C#CC3(O)CNC3)cc21.Cl. The molecule has 1 aromatic heterocycles. The van der Waals surface area contributed by atoms with Crippen molar-refractivity contribution in [3.63, 3.8) is 0 Å². The van der Waals surface area contributed by atoms with E-state index in [2.05, 4.69) is 27.5 Å². The van der Waals surface area contributed by atoms with Crippen LogP contribution >= 0.6 is 12.4 Å². The number of para-hydroxylation sites is 1. The monoisotopic (exact) mass is 520 g/mol. The molecule has 0 unspecified atom stereocenters. The van der Waals surface area contributed by atoms with Gasteiger partial charge < -0.3 is 30.1 Å². The van der Waals surface area contributed by atoms with Gasteiger partial charge in [0.25, 0.3) is 11.8 Å². The lowest BCUT2D eigenvalue weighted by Crippen LogP contribution is -2.58. The Morgan fingerprint density at radius 2 is 1.97 bits per heavy atom. The van der Waals surface area contributed by atoms with Crippen molar-refractivity contribution in [1.29, 1.82) is 0 Å². The number of carbonyl (C=O) groups excluding carboxylic acids is 2. The van der Waals surface area contributed by atoms with E-state index in [0.29, 0.717) is 41.6 Å². The fourth-order valence-corrected chi connectivity index (χ4v) is 3.77. The van der Waals surface area contributed by atoms with Crippen molar-refractivity contribution < 1.29 is 24.2 Å². The third-order valence-corrected chi connectivity index (χ3v) is 5.88. The second-order valence-corrected chi connectivity index (χ2v) is 8.59. The fourth-order valence-electron chi connectivity index (χ4n) is 3.77. The number of aliphatic hydroxyl groups is 1. The molecule has 0 saturated carbocycles. The molecule has 0 spiro atoms. The Bertz CT molecular complexity index is 1370. The Morgan fingerprint density at radius 1 is 1.19 bits per heavy atom. The maximum absolute atomic E-state index is 13.2. The Kier molecular flexibility index (Phi) is 7.64. The summed E-state index contributed by atoms with van der Waals surface area (Å²) in [6, 6.07) is 16.6. The first-order chi connectivity index (χ1) is 17.4. The van der Waals surface area contributed by atoms with Crippen LogP contribution in [0.4, 0.5) is 5.69 Å². The summed E-state index contributed by atoms with van der Waals surface area (Å²) >= 11 is 0. The second-order valence-electron chi connectivity index (χ2n) is 8.59. The molecule has 9 nitrogen and oxygen atoms in total. The Morgan fingerprint density at radius 3 is 2.70 bits per heavy atom. The summed E-state index contributed by atoms with van der Waals surface area (Å²) in [4.78, 5) is 31.6. The molecule has 2 aromatic carbocycles. The number of carbonyl (C=O) groups is 2. The standard InChI is InChI=1S/C27H24N4O5.ClH/c1-31-23-13-18(9-11-27(34)16-28-17-27)7-8-24(23)35-15-22(26(31)33)30-25(32)21-14-20(10-12-29-21)36-19-5-3-2-4-6-19;/h2-8,10,12-14,22,28,34H,15-17H2,1H3,(H,30,32);1H/t22-;/m0./s1. The van der Waals surface area contributed by atoms with E-state index in [1.54, 1.807) is 43.4 Å². The average molecular weight is 521 g/mol. The van der Waals surface area contributed by atoms with Crippen LogP contribution in [0.5, 0.6) is 17.2 Å². The normalized spacial score (nSPS) is 17.4. The number of β-amino-alcohol motifs (C(OH)–C–C–N with tert-alkyl or cyclic N) is 1.